The third-order valence-corrected chi connectivity index (χ3v) is 7.09. The molecule has 1 atom stereocenters. The molecule has 114 valence electrons. The summed E-state index contributed by atoms with van der Waals surface area (Å²) in [6.45, 7) is 0. The third-order valence-electron chi connectivity index (χ3n) is 3.88. The van der Waals surface area contributed by atoms with Crippen LogP contribution in [-0.2, 0) is 9.84 Å². The molecule has 1 N–H and O–H groups in total. The number of hydrogen-bond acceptors (Lipinski definition) is 5. The fourth-order valence-corrected chi connectivity index (χ4v) is 5.92. The third kappa shape index (κ3) is 2.49. The van der Waals surface area contributed by atoms with Crippen LogP contribution in [0.15, 0.2) is 28.3 Å². The Morgan fingerprint density at radius 2 is 2.27 bits per heavy atom. The number of fused-ring (bicyclic) bond motifs is 1. The molecule has 0 aliphatic carbocycles. The number of nitrogens with one attached hydrogen (secondary N) is 1. The van der Waals surface area contributed by atoms with Crippen LogP contribution in [-0.4, -0.2) is 34.9 Å². The molecule has 4 heterocycles. The summed E-state index contributed by atoms with van der Waals surface area (Å²) in [5, 5.41) is 3.91. The van der Waals surface area contributed by atoms with Crippen LogP contribution in [0, 0.1) is 0 Å². The SMILES string of the molecule is O=S1(=O)CCC(c2nc(-c3c[nH]c4ncc(Br)cc34)cs2)C1. The van der Waals surface area contributed by atoms with Crippen LogP contribution in [0.4, 0.5) is 0 Å². The van der Waals surface area contributed by atoms with Crippen molar-refractivity contribution in [3.8, 4) is 11.3 Å². The number of pyridine rings is 1. The molecule has 0 saturated carbocycles. The highest BCUT2D eigenvalue weighted by atomic mass is 79.9. The van der Waals surface area contributed by atoms with E-state index in [1.54, 1.807) is 6.20 Å². The molecule has 5 nitrogen and oxygen atoms in total. The molecule has 0 aromatic carbocycles. The van der Waals surface area contributed by atoms with E-state index in [0.717, 1.165) is 31.8 Å². The molecule has 22 heavy (non-hydrogen) atoms. The van der Waals surface area contributed by atoms with Gasteiger partial charge < -0.3 is 4.98 Å². The minimum atomic E-state index is -2.88. The van der Waals surface area contributed by atoms with Crippen molar-refractivity contribution in [1.29, 1.82) is 0 Å². The first-order valence-corrected chi connectivity index (χ1v) is 10.3. The average Bonchev–Trinajstić information content (AvgIpc) is 3.15. The monoisotopic (exact) mass is 397 g/mol. The number of aromatic amines is 1. The van der Waals surface area contributed by atoms with Crippen molar-refractivity contribution in [3.05, 3.63) is 33.3 Å². The zero-order valence-electron chi connectivity index (χ0n) is 11.4. The number of sulfone groups is 1. The maximum absolute atomic E-state index is 11.6. The Bertz CT molecular complexity index is 962. The molecule has 3 aromatic heterocycles. The Morgan fingerprint density at radius 3 is 3.05 bits per heavy atom. The number of thiazole rings is 1. The molecule has 1 unspecified atom stereocenters. The van der Waals surface area contributed by atoms with Crippen LogP contribution in [0.25, 0.3) is 22.3 Å². The summed E-state index contributed by atoms with van der Waals surface area (Å²) in [4.78, 5) is 12.1. The standard InChI is InChI=1S/C14H12BrN3O2S2/c15-9-3-10-11(5-17-13(10)16-4-9)12-6-21-14(18-12)8-1-2-22(19,20)7-8/h3-6,8H,1-2,7H2,(H,16,17). The summed E-state index contributed by atoms with van der Waals surface area (Å²) < 4.78 is 24.2. The Labute approximate surface area is 139 Å². The lowest BCUT2D eigenvalue weighted by Crippen LogP contribution is -2.03. The van der Waals surface area contributed by atoms with Gasteiger partial charge in [0, 0.05) is 39.1 Å². The van der Waals surface area contributed by atoms with Crippen molar-refractivity contribution in [2.45, 2.75) is 12.3 Å². The normalized spacial score (nSPS) is 20.7. The number of H-pyrrole nitrogens is 1. The molecule has 0 amide bonds. The molecule has 0 spiro atoms. The van der Waals surface area contributed by atoms with Crippen molar-refractivity contribution in [3.63, 3.8) is 0 Å². The summed E-state index contributed by atoms with van der Waals surface area (Å²) in [7, 11) is -2.88. The molecule has 4 rings (SSSR count). The molecule has 0 radical (unpaired) electrons. The predicted molar refractivity (Wildman–Crippen MR) is 90.9 cm³/mol. The summed E-state index contributed by atoms with van der Waals surface area (Å²) in [6, 6.07) is 2.01. The second kappa shape index (κ2) is 5.14. The van der Waals surface area contributed by atoms with Crippen molar-refractivity contribution in [1.82, 2.24) is 15.0 Å². The smallest absolute Gasteiger partial charge is 0.151 e. The zero-order valence-corrected chi connectivity index (χ0v) is 14.6. The summed E-state index contributed by atoms with van der Waals surface area (Å²) in [5.41, 5.74) is 2.68. The van der Waals surface area contributed by atoms with Gasteiger partial charge in [0.1, 0.15) is 5.65 Å². The van der Waals surface area contributed by atoms with Crippen LogP contribution in [0.5, 0.6) is 0 Å². The van der Waals surface area contributed by atoms with E-state index in [1.807, 2.05) is 17.6 Å². The van der Waals surface area contributed by atoms with E-state index in [1.165, 1.54) is 11.3 Å². The number of hydrogen-bond donors (Lipinski definition) is 1. The lowest BCUT2D eigenvalue weighted by Gasteiger charge is -2.01. The van der Waals surface area contributed by atoms with Gasteiger partial charge in [0.05, 0.1) is 22.2 Å². The molecule has 1 fully saturated rings. The van der Waals surface area contributed by atoms with E-state index in [-0.39, 0.29) is 17.4 Å². The molecule has 0 bridgehead atoms. The Hall–Kier alpha value is -1.25. The van der Waals surface area contributed by atoms with Crippen LogP contribution in [0.1, 0.15) is 17.3 Å². The predicted octanol–water partition coefficient (Wildman–Crippen LogP) is 3.35. The second-order valence-electron chi connectivity index (χ2n) is 5.42. The molecular weight excluding hydrogens is 386 g/mol. The maximum atomic E-state index is 11.6. The molecule has 3 aromatic rings. The van der Waals surface area contributed by atoms with Gasteiger partial charge in [-0.2, -0.15) is 0 Å². The van der Waals surface area contributed by atoms with Crippen molar-refractivity contribution < 1.29 is 8.42 Å². The fraction of sp³-hybridized carbons (Fsp3) is 0.286. The summed E-state index contributed by atoms with van der Waals surface area (Å²) in [6.07, 6.45) is 4.32. The van der Waals surface area contributed by atoms with E-state index >= 15 is 0 Å². The van der Waals surface area contributed by atoms with Crippen LogP contribution in [0.3, 0.4) is 0 Å². The van der Waals surface area contributed by atoms with E-state index in [4.69, 9.17) is 0 Å². The fourth-order valence-electron chi connectivity index (χ4n) is 2.78. The van der Waals surface area contributed by atoms with Gasteiger partial charge in [-0.25, -0.2) is 18.4 Å². The Morgan fingerprint density at radius 1 is 1.41 bits per heavy atom. The Balaban J connectivity index is 1.73. The van der Waals surface area contributed by atoms with Crippen LogP contribution >= 0.6 is 27.3 Å². The topological polar surface area (TPSA) is 75.7 Å². The summed E-state index contributed by atoms with van der Waals surface area (Å²) in [5.74, 6) is 0.538. The lowest BCUT2D eigenvalue weighted by atomic mass is 10.1. The van der Waals surface area contributed by atoms with Crippen LogP contribution < -0.4 is 0 Å². The minimum Gasteiger partial charge on any atom is -0.345 e. The van der Waals surface area contributed by atoms with Gasteiger partial charge >= 0.3 is 0 Å². The van der Waals surface area contributed by atoms with Gasteiger partial charge in [0.2, 0.25) is 0 Å². The van der Waals surface area contributed by atoms with E-state index in [2.05, 4.69) is 30.9 Å². The van der Waals surface area contributed by atoms with Crippen molar-refractivity contribution >= 4 is 48.1 Å². The van der Waals surface area contributed by atoms with E-state index in [9.17, 15) is 8.42 Å². The number of nitrogens with zero attached hydrogens (tertiary/aromatic N) is 2. The first kappa shape index (κ1) is 14.3. The molecule has 1 aliphatic rings. The van der Waals surface area contributed by atoms with Crippen LogP contribution in [0.2, 0.25) is 0 Å². The summed E-state index contributed by atoms with van der Waals surface area (Å²) >= 11 is 4.97. The van der Waals surface area contributed by atoms with Gasteiger partial charge in [0.15, 0.2) is 9.84 Å². The van der Waals surface area contributed by atoms with Gasteiger partial charge in [-0.15, -0.1) is 11.3 Å². The average molecular weight is 398 g/mol. The van der Waals surface area contributed by atoms with Gasteiger partial charge in [0.25, 0.3) is 0 Å². The molecular formula is C14H12BrN3O2S2. The van der Waals surface area contributed by atoms with E-state index < -0.39 is 9.84 Å². The highest BCUT2D eigenvalue weighted by molar-refractivity contribution is 9.10. The zero-order chi connectivity index (χ0) is 15.3. The number of rotatable bonds is 2. The number of aromatic nitrogens is 3. The largest absolute Gasteiger partial charge is 0.345 e. The quantitative estimate of drug-likeness (QED) is 0.719. The maximum Gasteiger partial charge on any atom is 0.151 e. The van der Waals surface area contributed by atoms with Gasteiger partial charge in [-0.3, -0.25) is 0 Å². The number of halogens is 1. The first-order valence-electron chi connectivity index (χ1n) is 6.81. The van der Waals surface area contributed by atoms with Gasteiger partial charge in [-0.05, 0) is 28.4 Å². The highest BCUT2D eigenvalue weighted by Crippen LogP contribution is 2.35. The van der Waals surface area contributed by atoms with Crippen molar-refractivity contribution in [2.75, 3.05) is 11.5 Å². The molecule has 1 aliphatic heterocycles. The first-order chi connectivity index (χ1) is 10.5. The van der Waals surface area contributed by atoms with Gasteiger partial charge in [-0.1, -0.05) is 0 Å². The molecule has 8 heteroatoms. The lowest BCUT2D eigenvalue weighted by molar-refractivity contribution is 0.601. The Kier molecular flexibility index (Phi) is 3.35. The second-order valence-corrected chi connectivity index (χ2v) is 9.46. The minimum absolute atomic E-state index is 0.0406. The highest BCUT2D eigenvalue weighted by Gasteiger charge is 2.31. The molecule has 1 saturated heterocycles. The van der Waals surface area contributed by atoms with E-state index in [0.29, 0.717) is 6.42 Å². The van der Waals surface area contributed by atoms with Crippen molar-refractivity contribution in [2.24, 2.45) is 0 Å².